The molecule has 1 amide bonds. The summed E-state index contributed by atoms with van der Waals surface area (Å²) in [6.45, 7) is 6.30. The molecule has 0 aliphatic rings. The second kappa shape index (κ2) is 6.79. The van der Waals surface area contributed by atoms with Crippen LogP contribution in [-0.4, -0.2) is 23.7 Å². The molecule has 1 aromatic heterocycles. The van der Waals surface area contributed by atoms with Gasteiger partial charge < -0.3 is 14.8 Å². The molecule has 1 unspecified atom stereocenters. The number of amides is 1. The van der Waals surface area contributed by atoms with Gasteiger partial charge in [0, 0.05) is 18.0 Å². The number of hydrogen-bond donors (Lipinski definition) is 2. The number of nitrogens with one attached hydrogen (secondary N) is 1. The summed E-state index contributed by atoms with van der Waals surface area (Å²) in [7, 11) is 0. The zero-order valence-corrected chi connectivity index (χ0v) is 13.3. The average molecular weight is 301 g/mol. The number of para-hydroxylation sites is 1. The minimum atomic E-state index is -0.377. The van der Waals surface area contributed by atoms with Crippen molar-refractivity contribution in [1.29, 1.82) is 0 Å². The van der Waals surface area contributed by atoms with Gasteiger partial charge in [-0.2, -0.15) is 0 Å². The number of hydrogen-bond acceptors (Lipinski definition) is 3. The van der Waals surface area contributed by atoms with E-state index in [-0.39, 0.29) is 17.4 Å². The molecule has 0 aliphatic carbocycles. The minimum Gasteiger partial charge on any atom is -0.457 e. The van der Waals surface area contributed by atoms with E-state index in [2.05, 4.69) is 5.32 Å². The van der Waals surface area contributed by atoms with Gasteiger partial charge in [0.15, 0.2) is 0 Å². The first kappa shape index (κ1) is 16.3. The SMILES string of the molecule is CC(O)CC(C)(C)CNC(=O)/C=C/c1cc2ccccc2o1. The van der Waals surface area contributed by atoms with Gasteiger partial charge in [-0.15, -0.1) is 0 Å². The van der Waals surface area contributed by atoms with E-state index < -0.39 is 0 Å². The van der Waals surface area contributed by atoms with Crippen LogP contribution in [0.5, 0.6) is 0 Å². The number of carbonyl (C=O) groups excluding carboxylic acids is 1. The van der Waals surface area contributed by atoms with Gasteiger partial charge in [-0.1, -0.05) is 32.0 Å². The highest BCUT2D eigenvalue weighted by Gasteiger charge is 2.20. The average Bonchev–Trinajstić information content (AvgIpc) is 2.84. The van der Waals surface area contributed by atoms with E-state index in [1.54, 1.807) is 13.0 Å². The van der Waals surface area contributed by atoms with Crippen LogP contribution in [0.15, 0.2) is 40.8 Å². The molecule has 0 radical (unpaired) electrons. The number of carbonyl (C=O) groups is 1. The van der Waals surface area contributed by atoms with E-state index >= 15 is 0 Å². The Morgan fingerprint density at radius 1 is 1.41 bits per heavy atom. The lowest BCUT2D eigenvalue weighted by atomic mass is 9.87. The molecule has 2 rings (SSSR count). The lowest BCUT2D eigenvalue weighted by Gasteiger charge is -2.26. The Balaban J connectivity index is 1.91. The third kappa shape index (κ3) is 4.74. The Labute approximate surface area is 130 Å². The van der Waals surface area contributed by atoms with Crippen LogP contribution in [0.3, 0.4) is 0 Å². The Hall–Kier alpha value is -2.07. The molecule has 0 spiro atoms. The Kier molecular flexibility index (Phi) is 5.03. The smallest absolute Gasteiger partial charge is 0.244 e. The maximum Gasteiger partial charge on any atom is 0.244 e. The fourth-order valence-corrected chi connectivity index (χ4v) is 2.50. The van der Waals surface area contributed by atoms with E-state index in [0.29, 0.717) is 18.7 Å². The second-order valence-electron chi connectivity index (χ2n) is 6.46. The van der Waals surface area contributed by atoms with Crippen LogP contribution in [0.2, 0.25) is 0 Å². The first-order valence-corrected chi connectivity index (χ1v) is 7.48. The highest BCUT2D eigenvalue weighted by Crippen LogP contribution is 2.21. The molecule has 0 fully saturated rings. The molecule has 2 aromatic rings. The third-order valence-corrected chi connectivity index (χ3v) is 3.43. The zero-order valence-electron chi connectivity index (χ0n) is 13.3. The molecule has 0 bridgehead atoms. The van der Waals surface area contributed by atoms with Crippen molar-refractivity contribution in [3.05, 3.63) is 42.2 Å². The number of aliphatic hydroxyl groups is 1. The van der Waals surface area contributed by atoms with E-state index in [0.717, 1.165) is 11.0 Å². The molecule has 1 atom stereocenters. The largest absolute Gasteiger partial charge is 0.457 e. The van der Waals surface area contributed by atoms with Crippen molar-refractivity contribution >= 4 is 23.0 Å². The molecule has 1 heterocycles. The van der Waals surface area contributed by atoms with Crippen LogP contribution in [0.1, 0.15) is 33.0 Å². The second-order valence-corrected chi connectivity index (χ2v) is 6.46. The molecular formula is C18H23NO3. The molecule has 2 N–H and O–H groups in total. The molecular weight excluding hydrogens is 278 g/mol. The highest BCUT2D eigenvalue weighted by molar-refractivity contribution is 5.92. The van der Waals surface area contributed by atoms with E-state index in [4.69, 9.17) is 4.42 Å². The van der Waals surface area contributed by atoms with Crippen molar-refractivity contribution in [1.82, 2.24) is 5.32 Å². The van der Waals surface area contributed by atoms with E-state index in [1.807, 2.05) is 44.2 Å². The number of furan rings is 1. The van der Waals surface area contributed by atoms with Crippen molar-refractivity contribution in [2.24, 2.45) is 5.41 Å². The standard InChI is InChI=1S/C18H23NO3/c1-13(20)11-18(2,3)12-19-17(21)9-8-15-10-14-6-4-5-7-16(14)22-15/h4-10,13,20H,11-12H2,1-3H3,(H,19,21)/b9-8+. The van der Waals surface area contributed by atoms with Crippen molar-refractivity contribution in [2.75, 3.05) is 6.54 Å². The number of benzene rings is 1. The van der Waals surface area contributed by atoms with Crippen LogP contribution in [0.4, 0.5) is 0 Å². The predicted octanol–water partition coefficient (Wildman–Crippen LogP) is 3.36. The van der Waals surface area contributed by atoms with Crippen LogP contribution in [0, 0.1) is 5.41 Å². The van der Waals surface area contributed by atoms with Crippen LogP contribution < -0.4 is 5.32 Å². The quantitative estimate of drug-likeness (QED) is 0.804. The first-order valence-electron chi connectivity index (χ1n) is 7.48. The van der Waals surface area contributed by atoms with Crippen molar-refractivity contribution in [3.63, 3.8) is 0 Å². The summed E-state index contributed by atoms with van der Waals surface area (Å²) in [6, 6.07) is 9.62. The van der Waals surface area contributed by atoms with Gasteiger partial charge >= 0.3 is 0 Å². The summed E-state index contributed by atoms with van der Waals surface area (Å²) in [5.41, 5.74) is 0.664. The summed E-state index contributed by atoms with van der Waals surface area (Å²) < 4.78 is 5.62. The van der Waals surface area contributed by atoms with Gasteiger partial charge in [0.1, 0.15) is 11.3 Å². The van der Waals surface area contributed by atoms with Crippen molar-refractivity contribution < 1.29 is 14.3 Å². The van der Waals surface area contributed by atoms with Gasteiger partial charge in [-0.3, -0.25) is 4.79 Å². The summed E-state index contributed by atoms with van der Waals surface area (Å²) in [5, 5.41) is 13.3. The maximum atomic E-state index is 11.9. The monoisotopic (exact) mass is 301 g/mol. The fraction of sp³-hybridized carbons (Fsp3) is 0.389. The Morgan fingerprint density at radius 2 is 2.14 bits per heavy atom. The number of rotatable bonds is 6. The normalized spacial score (nSPS) is 13.6. The lowest BCUT2D eigenvalue weighted by Crippen LogP contribution is -2.34. The topological polar surface area (TPSA) is 62.5 Å². The molecule has 0 saturated heterocycles. The minimum absolute atomic E-state index is 0.142. The maximum absolute atomic E-state index is 11.9. The number of aliphatic hydroxyl groups excluding tert-OH is 1. The van der Waals surface area contributed by atoms with Gasteiger partial charge in [-0.05, 0) is 37.0 Å². The lowest BCUT2D eigenvalue weighted by molar-refractivity contribution is -0.117. The molecule has 0 aliphatic heterocycles. The molecule has 1 aromatic carbocycles. The third-order valence-electron chi connectivity index (χ3n) is 3.43. The van der Waals surface area contributed by atoms with Gasteiger partial charge in [0.05, 0.1) is 6.10 Å². The van der Waals surface area contributed by atoms with E-state index in [9.17, 15) is 9.90 Å². The summed E-state index contributed by atoms with van der Waals surface area (Å²) in [5.74, 6) is 0.485. The van der Waals surface area contributed by atoms with Crippen LogP contribution in [0.25, 0.3) is 17.0 Å². The van der Waals surface area contributed by atoms with Crippen LogP contribution >= 0.6 is 0 Å². The van der Waals surface area contributed by atoms with Gasteiger partial charge in [0.25, 0.3) is 0 Å². The van der Waals surface area contributed by atoms with Crippen LogP contribution in [-0.2, 0) is 4.79 Å². The van der Waals surface area contributed by atoms with Crippen molar-refractivity contribution in [3.8, 4) is 0 Å². The van der Waals surface area contributed by atoms with Gasteiger partial charge in [0.2, 0.25) is 5.91 Å². The predicted molar refractivity (Wildman–Crippen MR) is 88.3 cm³/mol. The summed E-state index contributed by atoms with van der Waals surface area (Å²) >= 11 is 0. The molecule has 0 saturated carbocycles. The van der Waals surface area contributed by atoms with Crippen molar-refractivity contribution in [2.45, 2.75) is 33.3 Å². The summed E-state index contributed by atoms with van der Waals surface area (Å²) in [4.78, 5) is 11.9. The fourth-order valence-electron chi connectivity index (χ4n) is 2.50. The Bertz CT molecular complexity index is 635. The van der Waals surface area contributed by atoms with E-state index in [1.165, 1.54) is 6.08 Å². The first-order chi connectivity index (χ1) is 10.4. The molecule has 118 valence electrons. The Morgan fingerprint density at radius 3 is 2.82 bits per heavy atom. The van der Waals surface area contributed by atoms with Gasteiger partial charge in [-0.25, -0.2) is 0 Å². The zero-order chi connectivity index (χ0) is 16.2. The molecule has 4 heteroatoms. The molecule has 4 nitrogen and oxygen atoms in total. The number of fused-ring (bicyclic) bond motifs is 1. The molecule has 22 heavy (non-hydrogen) atoms. The summed E-state index contributed by atoms with van der Waals surface area (Å²) in [6.07, 6.45) is 3.39. The highest BCUT2D eigenvalue weighted by atomic mass is 16.3.